The molecule has 0 heterocycles. The predicted octanol–water partition coefficient (Wildman–Crippen LogP) is 3.37. The second kappa shape index (κ2) is 13.4. The Labute approximate surface area is 180 Å². The van der Waals surface area contributed by atoms with E-state index in [9.17, 15) is 4.79 Å². The van der Waals surface area contributed by atoms with Gasteiger partial charge in [0.2, 0.25) is 5.91 Å². The summed E-state index contributed by atoms with van der Waals surface area (Å²) in [6.07, 6.45) is 1.38. The van der Waals surface area contributed by atoms with Crippen molar-refractivity contribution in [2.45, 2.75) is 32.4 Å². The molecule has 0 aliphatic rings. The molecule has 6 heteroatoms. The quantitative estimate of drug-likeness (QED) is 0.339. The van der Waals surface area contributed by atoms with Crippen molar-refractivity contribution in [1.82, 2.24) is 15.5 Å². The molecule has 1 atom stereocenters. The van der Waals surface area contributed by atoms with Crippen LogP contribution >= 0.6 is 0 Å². The van der Waals surface area contributed by atoms with Crippen LogP contribution in [-0.2, 0) is 16.1 Å². The molecule has 0 aromatic heterocycles. The van der Waals surface area contributed by atoms with Crippen LogP contribution in [0.15, 0.2) is 65.7 Å². The minimum atomic E-state index is 0.0857. The molecule has 0 spiro atoms. The summed E-state index contributed by atoms with van der Waals surface area (Å²) in [5, 5.41) is 6.45. The third-order valence-electron chi connectivity index (χ3n) is 4.79. The van der Waals surface area contributed by atoms with Gasteiger partial charge in [0, 0.05) is 46.8 Å². The van der Waals surface area contributed by atoms with Crippen LogP contribution in [0.25, 0.3) is 0 Å². The summed E-state index contributed by atoms with van der Waals surface area (Å²) in [6.45, 7) is 4.65. The Morgan fingerprint density at radius 1 is 1.03 bits per heavy atom. The largest absolute Gasteiger partial charge is 0.374 e. The first-order valence-corrected chi connectivity index (χ1v) is 10.5. The maximum Gasteiger partial charge on any atom is 0.224 e. The number of nitrogens with zero attached hydrogens (tertiary/aromatic N) is 2. The zero-order chi connectivity index (χ0) is 21.6. The number of amides is 1. The molecule has 2 rings (SSSR count). The fourth-order valence-electron chi connectivity index (χ4n) is 3.00. The van der Waals surface area contributed by atoms with Crippen LogP contribution in [0.5, 0.6) is 0 Å². The van der Waals surface area contributed by atoms with Crippen LogP contribution in [0, 0.1) is 0 Å². The predicted molar refractivity (Wildman–Crippen MR) is 122 cm³/mol. The lowest BCUT2D eigenvalue weighted by Gasteiger charge is -2.18. The summed E-state index contributed by atoms with van der Waals surface area (Å²) in [5.41, 5.74) is 2.31. The Morgan fingerprint density at radius 2 is 1.67 bits per heavy atom. The topological polar surface area (TPSA) is 66.0 Å². The standard InChI is InChI=1S/C24H34N4O2/c1-20(22-13-8-5-9-14-22)30-18-10-16-26-24(25-2)27-17-15-23(29)28(3)19-21-11-6-4-7-12-21/h4-9,11-14,20H,10,15-19H2,1-3H3,(H2,25,26,27). The fourth-order valence-corrected chi connectivity index (χ4v) is 3.00. The number of carbonyl (C=O) groups is 1. The van der Waals surface area contributed by atoms with Crippen molar-refractivity contribution in [2.75, 3.05) is 33.8 Å². The molecule has 1 amide bonds. The van der Waals surface area contributed by atoms with Crippen molar-refractivity contribution in [1.29, 1.82) is 0 Å². The van der Waals surface area contributed by atoms with Crippen LogP contribution < -0.4 is 10.6 Å². The van der Waals surface area contributed by atoms with E-state index in [1.54, 1.807) is 11.9 Å². The number of rotatable bonds is 11. The van der Waals surface area contributed by atoms with E-state index < -0.39 is 0 Å². The Kier molecular flexibility index (Phi) is 10.4. The third-order valence-corrected chi connectivity index (χ3v) is 4.79. The van der Waals surface area contributed by atoms with Crippen LogP contribution in [-0.4, -0.2) is 50.6 Å². The highest BCUT2D eigenvalue weighted by atomic mass is 16.5. The van der Waals surface area contributed by atoms with Crippen LogP contribution in [0.1, 0.15) is 37.0 Å². The van der Waals surface area contributed by atoms with E-state index in [1.165, 1.54) is 5.56 Å². The minimum absolute atomic E-state index is 0.0857. The number of aliphatic imine (C=N–C) groups is 1. The maximum absolute atomic E-state index is 12.3. The van der Waals surface area contributed by atoms with Gasteiger partial charge >= 0.3 is 0 Å². The van der Waals surface area contributed by atoms with Crippen LogP contribution in [0.4, 0.5) is 0 Å². The molecule has 6 nitrogen and oxygen atoms in total. The molecule has 0 saturated heterocycles. The van der Waals surface area contributed by atoms with E-state index in [-0.39, 0.29) is 12.0 Å². The highest BCUT2D eigenvalue weighted by molar-refractivity contribution is 5.81. The fraction of sp³-hybridized carbons (Fsp3) is 0.417. The summed E-state index contributed by atoms with van der Waals surface area (Å²) < 4.78 is 5.88. The average molecular weight is 411 g/mol. The van der Waals surface area contributed by atoms with Crippen molar-refractivity contribution < 1.29 is 9.53 Å². The second-order valence-corrected chi connectivity index (χ2v) is 7.19. The number of benzene rings is 2. The van der Waals surface area contributed by atoms with Crippen molar-refractivity contribution in [3.8, 4) is 0 Å². The van der Waals surface area contributed by atoms with E-state index in [1.807, 2.05) is 55.6 Å². The molecule has 162 valence electrons. The Hall–Kier alpha value is -2.86. The molecule has 0 radical (unpaired) electrons. The second-order valence-electron chi connectivity index (χ2n) is 7.19. The van der Waals surface area contributed by atoms with Gasteiger partial charge in [0.15, 0.2) is 5.96 Å². The third kappa shape index (κ3) is 8.66. The SMILES string of the molecule is CN=C(NCCCOC(C)c1ccccc1)NCCC(=O)N(C)Cc1ccccc1. The summed E-state index contributed by atoms with van der Waals surface area (Å²) in [5.74, 6) is 0.801. The van der Waals surface area contributed by atoms with Gasteiger partial charge in [-0.05, 0) is 24.5 Å². The molecule has 0 bridgehead atoms. The van der Waals surface area contributed by atoms with Crippen LogP contribution in [0.2, 0.25) is 0 Å². The van der Waals surface area contributed by atoms with Gasteiger partial charge in [-0.25, -0.2) is 0 Å². The Bertz CT molecular complexity index is 765. The van der Waals surface area contributed by atoms with Crippen LogP contribution in [0.3, 0.4) is 0 Å². The van der Waals surface area contributed by atoms with Crippen molar-refractivity contribution in [2.24, 2.45) is 4.99 Å². The van der Waals surface area contributed by atoms with Gasteiger partial charge in [-0.15, -0.1) is 0 Å². The van der Waals surface area contributed by atoms with Gasteiger partial charge in [-0.3, -0.25) is 9.79 Å². The van der Waals surface area contributed by atoms with Gasteiger partial charge in [-0.2, -0.15) is 0 Å². The van der Waals surface area contributed by atoms with E-state index in [0.29, 0.717) is 32.1 Å². The van der Waals surface area contributed by atoms with Gasteiger partial charge in [-0.1, -0.05) is 60.7 Å². The Balaban J connectivity index is 1.57. The highest BCUT2D eigenvalue weighted by Crippen LogP contribution is 2.15. The Morgan fingerprint density at radius 3 is 2.33 bits per heavy atom. The lowest BCUT2D eigenvalue weighted by molar-refractivity contribution is -0.130. The first-order valence-electron chi connectivity index (χ1n) is 10.5. The maximum atomic E-state index is 12.3. The van der Waals surface area contributed by atoms with Gasteiger partial charge < -0.3 is 20.3 Å². The molecular weight excluding hydrogens is 376 g/mol. The first-order chi connectivity index (χ1) is 14.6. The monoisotopic (exact) mass is 410 g/mol. The normalized spacial score (nSPS) is 12.3. The average Bonchev–Trinajstić information content (AvgIpc) is 2.78. The number of ether oxygens (including phenoxy) is 1. The zero-order valence-corrected chi connectivity index (χ0v) is 18.3. The molecule has 2 aromatic carbocycles. The molecule has 1 unspecified atom stereocenters. The molecule has 0 aliphatic heterocycles. The number of carbonyl (C=O) groups excluding carboxylic acids is 1. The van der Waals surface area contributed by atoms with Gasteiger partial charge in [0.05, 0.1) is 6.10 Å². The number of guanidine groups is 1. The first kappa shape index (κ1) is 23.4. The molecule has 2 N–H and O–H groups in total. The smallest absolute Gasteiger partial charge is 0.224 e. The van der Waals surface area contributed by atoms with Gasteiger partial charge in [0.1, 0.15) is 0 Å². The summed E-state index contributed by atoms with van der Waals surface area (Å²) in [6, 6.07) is 20.2. The highest BCUT2D eigenvalue weighted by Gasteiger charge is 2.09. The lowest BCUT2D eigenvalue weighted by Crippen LogP contribution is -2.40. The summed E-state index contributed by atoms with van der Waals surface area (Å²) >= 11 is 0. The molecule has 0 aliphatic carbocycles. The summed E-state index contributed by atoms with van der Waals surface area (Å²) in [7, 11) is 3.56. The van der Waals surface area contributed by atoms with E-state index in [2.05, 4.69) is 34.7 Å². The van der Waals surface area contributed by atoms with Gasteiger partial charge in [0.25, 0.3) is 0 Å². The number of hydrogen-bond donors (Lipinski definition) is 2. The molecule has 0 saturated carbocycles. The van der Waals surface area contributed by atoms with E-state index in [0.717, 1.165) is 18.5 Å². The van der Waals surface area contributed by atoms with Crippen molar-refractivity contribution >= 4 is 11.9 Å². The molecule has 30 heavy (non-hydrogen) atoms. The molecular formula is C24H34N4O2. The number of hydrogen-bond acceptors (Lipinski definition) is 3. The minimum Gasteiger partial charge on any atom is -0.374 e. The number of nitrogens with one attached hydrogen (secondary N) is 2. The van der Waals surface area contributed by atoms with E-state index in [4.69, 9.17) is 4.74 Å². The van der Waals surface area contributed by atoms with Crippen molar-refractivity contribution in [3.05, 3.63) is 71.8 Å². The molecule has 2 aromatic rings. The zero-order valence-electron chi connectivity index (χ0n) is 18.3. The van der Waals surface area contributed by atoms with E-state index >= 15 is 0 Å². The molecule has 0 fully saturated rings. The summed E-state index contributed by atoms with van der Waals surface area (Å²) in [4.78, 5) is 18.3. The van der Waals surface area contributed by atoms with Crippen molar-refractivity contribution in [3.63, 3.8) is 0 Å². The lowest BCUT2D eigenvalue weighted by atomic mass is 10.1.